The Kier molecular flexibility index (Phi) is 4.49. The Hall–Kier alpha value is -1.16. The van der Waals surface area contributed by atoms with Crippen LogP contribution in [0, 0.1) is 6.92 Å². The van der Waals surface area contributed by atoms with Gasteiger partial charge < -0.3 is 10.6 Å². The molecule has 0 unspecified atom stereocenters. The Morgan fingerprint density at radius 2 is 2.33 bits per heavy atom. The van der Waals surface area contributed by atoms with Crippen LogP contribution in [-0.2, 0) is 0 Å². The van der Waals surface area contributed by atoms with Crippen molar-refractivity contribution in [3.05, 3.63) is 23.9 Å². The summed E-state index contributed by atoms with van der Waals surface area (Å²) in [6.07, 6.45) is 2.80. The van der Waals surface area contributed by atoms with Crippen LogP contribution in [0.3, 0.4) is 0 Å². The first-order chi connectivity index (χ1) is 7.13. The van der Waals surface area contributed by atoms with Gasteiger partial charge in [-0.3, -0.25) is 0 Å². The van der Waals surface area contributed by atoms with Crippen LogP contribution in [0.25, 0.3) is 0 Å². The van der Waals surface area contributed by atoms with Crippen LogP contribution in [0.2, 0.25) is 0 Å². The maximum atomic E-state index is 5.18. The van der Waals surface area contributed by atoms with Crippen LogP contribution in [0.15, 0.2) is 18.3 Å². The summed E-state index contributed by atoms with van der Waals surface area (Å²) < 4.78 is 0. The number of nitrogens with zero attached hydrogens (tertiary/aromatic N) is 1. The Morgan fingerprint density at radius 1 is 1.60 bits per heavy atom. The highest BCUT2D eigenvalue weighted by atomic mass is 32.1. The summed E-state index contributed by atoms with van der Waals surface area (Å²) in [5, 5.41) is 6.90. The predicted molar refractivity (Wildman–Crippen MR) is 68.1 cm³/mol. The topological polar surface area (TPSA) is 37.0 Å². The van der Waals surface area contributed by atoms with Crippen molar-refractivity contribution in [1.29, 1.82) is 0 Å². The summed E-state index contributed by atoms with van der Waals surface area (Å²) in [6.45, 7) is 6.22. The monoisotopic (exact) mass is 223 g/mol. The first-order valence-corrected chi connectivity index (χ1v) is 5.53. The fraction of sp³-hybridized carbons (Fsp3) is 0.455. The minimum atomic E-state index is 0.383. The summed E-state index contributed by atoms with van der Waals surface area (Å²) in [6, 6.07) is 4.29. The van der Waals surface area contributed by atoms with Crippen LogP contribution < -0.4 is 10.6 Å². The van der Waals surface area contributed by atoms with E-state index in [0.29, 0.717) is 11.2 Å². The van der Waals surface area contributed by atoms with Crippen LogP contribution in [0.4, 0.5) is 5.82 Å². The SMILES string of the molecule is CC[C@@H](C)NC(=S)Nc1ncccc1C. The zero-order chi connectivity index (χ0) is 11.3. The van der Waals surface area contributed by atoms with Gasteiger partial charge in [-0.05, 0) is 44.1 Å². The Labute approximate surface area is 96.3 Å². The van der Waals surface area contributed by atoms with E-state index in [0.717, 1.165) is 17.8 Å². The molecule has 15 heavy (non-hydrogen) atoms. The van der Waals surface area contributed by atoms with E-state index in [-0.39, 0.29) is 0 Å². The van der Waals surface area contributed by atoms with E-state index in [1.807, 2.05) is 19.1 Å². The van der Waals surface area contributed by atoms with Gasteiger partial charge in [0.25, 0.3) is 0 Å². The molecule has 0 aliphatic carbocycles. The first kappa shape index (κ1) is 11.9. The molecule has 1 heterocycles. The summed E-state index contributed by atoms with van der Waals surface area (Å²) >= 11 is 5.18. The Bertz CT molecular complexity index is 338. The molecule has 0 aliphatic heterocycles. The number of thiocarbonyl (C=S) groups is 1. The molecule has 1 aromatic heterocycles. The summed E-state index contributed by atoms with van der Waals surface area (Å²) in [7, 11) is 0. The van der Waals surface area contributed by atoms with Crippen molar-refractivity contribution in [3.8, 4) is 0 Å². The van der Waals surface area contributed by atoms with Crippen molar-refractivity contribution < 1.29 is 0 Å². The van der Waals surface area contributed by atoms with E-state index in [2.05, 4.69) is 29.5 Å². The molecule has 0 aliphatic rings. The smallest absolute Gasteiger partial charge is 0.172 e. The highest BCUT2D eigenvalue weighted by Crippen LogP contribution is 2.08. The van der Waals surface area contributed by atoms with Crippen molar-refractivity contribution in [1.82, 2.24) is 10.3 Å². The average Bonchev–Trinajstić information content (AvgIpc) is 2.21. The number of nitrogens with one attached hydrogen (secondary N) is 2. The van der Waals surface area contributed by atoms with Crippen molar-refractivity contribution in [2.75, 3.05) is 5.32 Å². The van der Waals surface area contributed by atoms with Gasteiger partial charge in [0, 0.05) is 12.2 Å². The third kappa shape index (κ3) is 3.83. The fourth-order valence-electron chi connectivity index (χ4n) is 1.09. The van der Waals surface area contributed by atoms with Gasteiger partial charge in [-0.25, -0.2) is 4.98 Å². The zero-order valence-corrected chi connectivity index (χ0v) is 10.2. The number of hydrogen-bond donors (Lipinski definition) is 2. The second kappa shape index (κ2) is 5.66. The number of pyridine rings is 1. The molecule has 0 aromatic carbocycles. The molecule has 0 saturated carbocycles. The van der Waals surface area contributed by atoms with Crippen molar-refractivity contribution in [3.63, 3.8) is 0 Å². The molecule has 0 radical (unpaired) electrons. The molecule has 82 valence electrons. The van der Waals surface area contributed by atoms with Gasteiger partial charge >= 0.3 is 0 Å². The molecule has 1 rings (SSSR count). The molecule has 0 fully saturated rings. The first-order valence-electron chi connectivity index (χ1n) is 5.12. The molecular weight excluding hydrogens is 206 g/mol. The van der Waals surface area contributed by atoms with E-state index >= 15 is 0 Å². The van der Waals surface area contributed by atoms with Crippen molar-refractivity contribution in [2.45, 2.75) is 33.2 Å². The van der Waals surface area contributed by atoms with E-state index in [1.165, 1.54) is 0 Å². The minimum absolute atomic E-state index is 0.383. The van der Waals surface area contributed by atoms with Gasteiger partial charge in [-0.1, -0.05) is 13.0 Å². The molecule has 1 aromatic rings. The second-order valence-corrected chi connectivity index (χ2v) is 3.98. The predicted octanol–water partition coefficient (Wildman–Crippen LogP) is 2.47. The average molecular weight is 223 g/mol. The number of rotatable bonds is 3. The molecule has 1 atom stereocenters. The highest BCUT2D eigenvalue weighted by molar-refractivity contribution is 7.80. The van der Waals surface area contributed by atoms with Crippen molar-refractivity contribution >= 4 is 23.1 Å². The Morgan fingerprint density at radius 3 is 2.93 bits per heavy atom. The third-order valence-electron chi connectivity index (χ3n) is 2.23. The molecule has 0 spiro atoms. The lowest BCUT2D eigenvalue weighted by Crippen LogP contribution is -2.35. The molecule has 3 nitrogen and oxygen atoms in total. The maximum Gasteiger partial charge on any atom is 0.172 e. The van der Waals surface area contributed by atoms with Gasteiger partial charge in [0.1, 0.15) is 5.82 Å². The van der Waals surface area contributed by atoms with Crippen LogP contribution in [0.5, 0.6) is 0 Å². The molecule has 0 bridgehead atoms. The summed E-state index contributed by atoms with van der Waals surface area (Å²) in [5.41, 5.74) is 1.09. The molecule has 4 heteroatoms. The van der Waals surface area contributed by atoms with E-state index in [9.17, 15) is 0 Å². The summed E-state index contributed by atoms with van der Waals surface area (Å²) in [4.78, 5) is 4.21. The zero-order valence-electron chi connectivity index (χ0n) is 9.37. The molecule has 0 amide bonds. The lowest BCUT2D eigenvalue weighted by Gasteiger charge is -2.15. The lowest BCUT2D eigenvalue weighted by atomic mass is 10.3. The number of aryl methyl sites for hydroxylation is 1. The van der Waals surface area contributed by atoms with Gasteiger partial charge in [0.2, 0.25) is 0 Å². The lowest BCUT2D eigenvalue weighted by molar-refractivity contribution is 0.646. The van der Waals surface area contributed by atoms with E-state index < -0.39 is 0 Å². The van der Waals surface area contributed by atoms with E-state index in [1.54, 1.807) is 6.20 Å². The number of anilines is 1. The highest BCUT2D eigenvalue weighted by Gasteiger charge is 2.03. The van der Waals surface area contributed by atoms with Gasteiger partial charge in [0.15, 0.2) is 5.11 Å². The normalized spacial score (nSPS) is 11.9. The van der Waals surface area contributed by atoms with Crippen molar-refractivity contribution in [2.24, 2.45) is 0 Å². The maximum absolute atomic E-state index is 5.18. The van der Waals surface area contributed by atoms with Crippen LogP contribution >= 0.6 is 12.2 Å². The number of hydrogen-bond acceptors (Lipinski definition) is 2. The largest absolute Gasteiger partial charge is 0.360 e. The third-order valence-corrected chi connectivity index (χ3v) is 2.45. The van der Waals surface area contributed by atoms with Gasteiger partial charge in [-0.15, -0.1) is 0 Å². The minimum Gasteiger partial charge on any atom is -0.360 e. The Balaban J connectivity index is 2.55. The summed E-state index contributed by atoms with van der Waals surface area (Å²) in [5.74, 6) is 0.818. The molecule has 0 saturated heterocycles. The fourth-order valence-corrected chi connectivity index (χ4v) is 1.38. The molecular formula is C11H17N3S. The number of aromatic nitrogens is 1. The second-order valence-electron chi connectivity index (χ2n) is 3.58. The standard InChI is InChI=1S/C11H17N3S/c1-4-9(3)13-11(15)14-10-8(2)6-5-7-12-10/h5-7,9H,4H2,1-3H3,(H2,12,13,14,15)/t9-/m1/s1. The van der Waals surface area contributed by atoms with E-state index in [4.69, 9.17) is 12.2 Å². The van der Waals surface area contributed by atoms with Gasteiger partial charge in [-0.2, -0.15) is 0 Å². The van der Waals surface area contributed by atoms with Crippen LogP contribution in [0.1, 0.15) is 25.8 Å². The quantitative estimate of drug-likeness (QED) is 0.772. The molecule has 2 N–H and O–H groups in total. The van der Waals surface area contributed by atoms with Crippen LogP contribution in [-0.4, -0.2) is 16.1 Å². The van der Waals surface area contributed by atoms with Gasteiger partial charge in [0.05, 0.1) is 0 Å².